The van der Waals surface area contributed by atoms with Crippen LogP contribution in [0.2, 0.25) is 0 Å². The predicted octanol–water partition coefficient (Wildman–Crippen LogP) is 2.44. The van der Waals surface area contributed by atoms with Crippen LogP contribution in [0.4, 0.5) is 0 Å². The van der Waals surface area contributed by atoms with Crippen LogP contribution in [-0.4, -0.2) is 11.2 Å². The van der Waals surface area contributed by atoms with Gasteiger partial charge in [0.15, 0.2) is 0 Å². The van der Waals surface area contributed by atoms with E-state index in [4.69, 9.17) is 0 Å². The van der Waals surface area contributed by atoms with Gasteiger partial charge in [0.05, 0.1) is 6.10 Å². The van der Waals surface area contributed by atoms with Gasteiger partial charge in [-0.3, -0.25) is 0 Å². The number of hydrogen-bond donors (Lipinski definition) is 1. The van der Waals surface area contributed by atoms with Crippen molar-refractivity contribution in [1.29, 1.82) is 0 Å². The molecular formula is C10H20O. The van der Waals surface area contributed by atoms with Crippen molar-refractivity contribution in [3.63, 3.8) is 0 Å². The molecule has 1 fully saturated rings. The van der Waals surface area contributed by atoms with E-state index in [0.717, 1.165) is 18.3 Å². The normalized spacial score (nSPS) is 45.8. The first kappa shape index (κ1) is 9.05. The summed E-state index contributed by atoms with van der Waals surface area (Å²) in [6, 6.07) is 0. The van der Waals surface area contributed by atoms with Crippen LogP contribution in [0, 0.1) is 17.8 Å². The maximum Gasteiger partial charge on any atom is 0.0568 e. The molecule has 1 N–H and O–H groups in total. The quantitative estimate of drug-likeness (QED) is 0.618. The second kappa shape index (κ2) is 3.57. The fraction of sp³-hybridized carbons (Fsp3) is 1.00. The molecule has 66 valence electrons. The van der Waals surface area contributed by atoms with Gasteiger partial charge in [0.25, 0.3) is 0 Å². The number of aliphatic hydroxyl groups is 1. The van der Waals surface area contributed by atoms with Crippen molar-refractivity contribution in [3.8, 4) is 0 Å². The van der Waals surface area contributed by atoms with E-state index in [0.29, 0.717) is 5.92 Å². The van der Waals surface area contributed by atoms with E-state index in [-0.39, 0.29) is 6.10 Å². The molecule has 1 aliphatic rings. The van der Waals surface area contributed by atoms with E-state index < -0.39 is 0 Å². The summed E-state index contributed by atoms with van der Waals surface area (Å²) in [5.74, 6) is 2.08. The molecule has 11 heavy (non-hydrogen) atoms. The summed E-state index contributed by atoms with van der Waals surface area (Å²) < 4.78 is 0. The summed E-state index contributed by atoms with van der Waals surface area (Å²) in [5.41, 5.74) is 0. The van der Waals surface area contributed by atoms with Crippen molar-refractivity contribution in [1.82, 2.24) is 0 Å². The van der Waals surface area contributed by atoms with E-state index in [1.807, 2.05) is 0 Å². The van der Waals surface area contributed by atoms with E-state index >= 15 is 0 Å². The molecule has 0 aliphatic heterocycles. The molecule has 0 spiro atoms. The Bertz CT molecular complexity index is 122. The lowest BCUT2D eigenvalue weighted by molar-refractivity contribution is 0.0147. The van der Waals surface area contributed by atoms with Gasteiger partial charge in [-0.15, -0.1) is 0 Å². The SMILES string of the molecule is CCC1C(C)CCC(O)C1C. The van der Waals surface area contributed by atoms with Crippen LogP contribution in [0.1, 0.15) is 40.0 Å². The summed E-state index contributed by atoms with van der Waals surface area (Å²) in [6.45, 7) is 6.74. The van der Waals surface area contributed by atoms with Gasteiger partial charge in [-0.1, -0.05) is 27.2 Å². The van der Waals surface area contributed by atoms with Crippen molar-refractivity contribution in [3.05, 3.63) is 0 Å². The van der Waals surface area contributed by atoms with Gasteiger partial charge in [-0.2, -0.15) is 0 Å². The van der Waals surface area contributed by atoms with Crippen LogP contribution >= 0.6 is 0 Å². The molecule has 0 heterocycles. The van der Waals surface area contributed by atoms with Gasteiger partial charge in [-0.05, 0) is 30.6 Å². The smallest absolute Gasteiger partial charge is 0.0568 e. The molecule has 0 saturated heterocycles. The zero-order chi connectivity index (χ0) is 8.43. The van der Waals surface area contributed by atoms with Crippen LogP contribution in [0.3, 0.4) is 0 Å². The van der Waals surface area contributed by atoms with Crippen LogP contribution < -0.4 is 0 Å². The molecule has 0 radical (unpaired) electrons. The Morgan fingerprint density at radius 3 is 2.36 bits per heavy atom. The lowest BCUT2D eigenvalue weighted by Gasteiger charge is -2.37. The topological polar surface area (TPSA) is 20.2 Å². The van der Waals surface area contributed by atoms with E-state index in [9.17, 15) is 5.11 Å². The minimum Gasteiger partial charge on any atom is -0.393 e. The Morgan fingerprint density at radius 2 is 1.91 bits per heavy atom. The van der Waals surface area contributed by atoms with Crippen LogP contribution in [0.25, 0.3) is 0 Å². The van der Waals surface area contributed by atoms with Crippen LogP contribution in [0.5, 0.6) is 0 Å². The third-order valence-corrected chi connectivity index (χ3v) is 3.40. The molecule has 4 unspecified atom stereocenters. The van der Waals surface area contributed by atoms with E-state index in [1.54, 1.807) is 0 Å². The molecule has 0 amide bonds. The first-order valence-electron chi connectivity index (χ1n) is 4.84. The molecule has 1 aliphatic carbocycles. The third kappa shape index (κ3) is 1.76. The maximum absolute atomic E-state index is 9.60. The Hall–Kier alpha value is -0.0400. The predicted molar refractivity (Wildman–Crippen MR) is 47.3 cm³/mol. The monoisotopic (exact) mass is 156 g/mol. The van der Waals surface area contributed by atoms with Crippen molar-refractivity contribution >= 4 is 0 Å². The summed E-state index contributed by atoms with van der Waals surface area (Å²) >= 11 is 0. The minimum absolute atomic E-state index is 0.0313. The molecular weight excluding hydrogens is 136 g/mol. The van der Waals surface area contributed by atoms with E-state index in [2.05, 4.69) is 20.8 Å². The number of hydrogen-bond acceptors (Lipinski definition) is 1. The molecule has 4 atom stereocenters. The third-order valence-electron chi connectivity index (χ3n) is 3.40. The van der Waals surface area contributed by atoms with Crippen molar-refractivity contribution in [2.75, 3.05) is 0 Å². The van der Waals surface area contributed by atoms with Crippen molar-refractivity contribution < 1.29 is 5.11 Å². The Kier molecular flexibility index (Phi) is 2.94. The van der Waals surface area contributed by atoms with Crippen LogP contribution in [0.15, 0.2) is 0 Å². The standard InChI is InChI=1S/C10H20O/c1-4-9-7(2)5-6-10(11)8(9)3/h7-11H,4-6H2,1-3H3. The number of aliphatic hydroxyl groups excluding tert-OH is 1. The second-order valence-corrected chi connectivity index (χ2v) is 4.05. The van der Waals surface area contributed by atoms with E-state index in [1.165, 1.54) is 12.8 Å². The van der Waals surface area contributed by atoms with Gasteiger partial charge in [-0.25, -0.2) is 0 Å². The van der Waals surface area contributed by atoms with Gasteiger partial charge in [0.2, 0.25) is 0 Å². The molecule has 1 heteroatoms. The van der Waals surface area contributed by atoms with Gasteiger partial charge >= 0.3 is 0 Å². The average Bonchev–Trinajstić information content (AvgIpc) is 1.99. The van der Waals surface area contributed by atoms with Crippen molar-refractivity contribution in [2.24, 2.45) is 17.8 Å². The first-order chi connectivity index (χ1) is 5.16. The highest BCUT2D eigenvalue weighted by Crippen LogP contribution is 2.36. The Balaban J connectivity index is 2.55. The first-order valence-corrected chi connectivity index (χ1v) is 4.84. The van der Waals surface area contributed by atoms with Gasteiger partial charge in [0, 0.05) is 0 Å². The van der Waals surface area contributed by atoms with Crippen molar-refractivity contribution in [2.45, 2.75) is 46.1 Å². The number of rotatable bonds is 1. The second-order valence-electron chi connectivity index (χ2n) is 4.05. The lowest BCUT2D eigenvalue weighted by Crippen LogP contribution is -2.34. The van der Waals surface area contributed by atoms with Gasteiger partial charge in [0.1, 0.15) is 0 Å². The maximum atomic E-state index is 9.60. The zero-order valence-electron chi connectivity index (χ0n) is 7.88. The molecule has 0 bridgehead atoms. The lowest BCUT2D eigenvalue weighted by atomic mass is 9.71. The van der Waals surface area contributed by atoms with Gasteiger partial charge < -0.3 is 5.11 Å². The molecule has 1 saturated carbocycles. The highest BCUT2D eigenvalue weighted by Gasteiger charge is 2.31. The molecule has 0 aromatic carbocycles. The highest BCUT2D eigenvalue weighted by atomic mass is 16.3. The van der Waals surface area contributed by atoms with Crippen LogP contribution in [-0.2, 0) is 0 Å². The fourth-order valence-electron chi connectivity index (χ4n) is 2.49. The molecule has 0 aromatic heterocycles. The minimum atomic E-state index is -0.0313. The fourth-order valence-corrected chi connectivity index (χ4v) is 2.49. The molecule has 0 aromatic rings. The molecule has 1 rings (SSSR count). The highest BCUT2D eigenvalue weighted by molar-refractivity contribution is 4.82. The summed E-state index contributed by atoms with van der Waals surface area (Å²) in [7, 11) is 0. The summed E-state index contributed by atoms with van der Waals surface area (Å²) in [4.78, 5) is 0. The Morgan fingerprint density at radius 1 is 1.27 bits per heavy atom. The Labute approximate surface area is 69.8 Å². The largest absolute Gasteiger partial charge is 0.393 e. The molecule has 1 nitrogen and oxygen atoms in total. The summed E-state index contributed by atoms with van der Waals surface area (Å²) in [6.07, 6.45) is 3.42. The zero-order valence-corrected chi connectivity index (χ0v) is 7.88. The average molecular weight is 156 g/mol. The summed E-state index contributed by atoms with van der Waals surface area (Å²) in [5, 5.41) is 9.60.